The number of halogens is 1. The van der Waals surface area contributed by atoms with Crippen LogP contribution >= 0.6 is 15.9 Å². The van der Waals surface area contributed by atoms with E-state index in [4.69, 9.17) is 9.97 Å². The van der Waals surface area contributed by atoms with Crippen LogP contribution in [-0.2, 0) is 0 Å². The number of benzene rings is 4. The summed E-state index contributed by atoms with van der Waals surface area (Å²) in [6.07, 6.45) is 3.67. The van der Waals surface area contributed by atoms with E-state index < -0.39 is 0 Å². The highest BCUT2D eigenvalue weighted by Gasteiger charge is 2.12. The number of hydrogen-bond acceptors (Lipinski definition) is 3. The molecule has 0 fully saturated rings. The fourth-order valence-corrected chi connectivity index (χ4v) is 4.59. The van der Waals surface area contributed by atoms with Gasteiger partial charge in [0, 0.05) is 33.6 Å². The molecule has 37 heavy (non-hydrogen) atoms. The summed E-state index contributed by atoms with van der Waals surface area (Å²) in [4.78, 5) is 14.2. The van der Waals surface area contributed by atoms with Crippen molar-refractivity contribution in [1.82, 2.24) is 15.0 Å². The van der Waals surface area contributed by atoms with Gasteiger partial charge in [-0.15, -0.1) is 0 Å². The van der Waals surface area contributed by atoms with Crippen molar-refractivity contribution in [1.29, 1.82) is 0 Å². The molecular weight excluding hydrogens is 518 g/mol. The molecule has 0 amide bonds. The second kappa shape index (κ2) is 10.3. The molecule has 6 aromatic rings. The van der Waals surface area contributed by atoms with Gasteiger partial charge in [0.05, 0.1) is 11.4 Å². The lowest BCUT2D eigenvalue weighted by Gasteiger charge is -2.11. The van der Waals surface area contributed by atoms with E-state index >= 15 is 0 Å². The summed E-state index contributed by atoms with van der Waals surface area (Å²) in [7, 11) is 0. The average Bonchev–Trinajstić information content (AvgIpc) is 2.98. The number of hydrogen-bond donors (Lipinski definition) is 0. The average molecular weight is 540 g/mol. The Morgan fingerprint density at radius 2 is 1.03 bits per heavy atom. The Morgan fingerprint density at radius 1 is 0.432 bits per heavy atom. The quantitative estimate of drug-likeness (QED) is 0.219. The molecule has 2 aromatic heterocycles. The Hall–Kier alpha value is -4.41. The van der Waals surface area contributed by atoms with Gasteiger partial charge in [-0.3, -0.25) is 4.98 Å². The summed E-state index contributed by atoms with van der Waals surface area (Å²) in [5, 5.41) is 0. The highest BCUT2D eigenvalue weighted by Crippen LogP contribution is 2.31. The van der Waals surface area contributed by atoms with Crippen LogP contribution in [0.4, 0.5) is 0 Å². The zero-order valence-electron chi connectivity index (χ0n) is 19.9. The summed E-state index contributed by atoms with van der Waals surface area (Å²) in [5.74, 6) is 0.707. The van der Waals surface area contributed by atoms with Crippen molar-refractivity contribution in [3.8, 4) is 56.2 Å². The van der Waals surface area contributed by atoms with Crippen LogP contribution in [0.1, 0.15) is 0 Å². The molecule has 0 radical (unpaired) electrons. The summed E-state index contributed by atoms with van der Waals surface area (Å²) in [6.45, 7) is 0. The Balaban J connectivity index is 1.44. The monoisotopic (exact) mass is 539 g/mol. The van der Waals surface area contributed by atoms with Crippen LogP contribution in [-0.4, -0.2) is 15.0 Å². The molecule has 4 heteroatoms. The number of pyridine rings is 1. The Bertz CT molecular complexity index is 1650. The van der Waals surface area contributed by atoms with Crippen LogP contribution in [0.5, 0.6) is 0 Å². The summed E-state index contributed by atoms with van der Waals surface area (Å²) >= 11 is 3.53. The van der Waals surface area contributed by atoms with Crippen molar-refractivity contribution in [3.05, 3.63) is 138 Å². The molecule has 0 unspecified atom stereocenters. The van der Waals surface area contributed by atoms with Gasteiger partial charge in [0.15, 0.2) is 5.82 Å². The highest BCUT2D eigenvalue weighted by molar-refractivity contribution is 9.10. The number of aromatic nitrogens is 3. The fourth-order valence-electron chi connectivity index (χ4n) is 4.33. The van der Waals surface area contributed by atoms with Gasteiger partial charge in [0.1, 0.15) is 0 Å². The maximum absolute atomic E-state index is 4.99. The van der Waals surface area contributed by atoms with Gasteiger partial charge in [-0.1, -0.05) is 107 Å². The SMILES string of the molecule is Brc1ccc(-c2cccc(-c3cc(-c4ccc(-c5cccnc5)cc4)nc(-c4ccccc4)n3)c2)cc1. The second-order valence-corrected chi connectivity index (χ2v) is 9.65. The topological polar surface area (TPSA) is 38.7 Å². The van der Waals surface area contributed by atoms with Crippen LogP contribution in [0.2, 0.25) is 0 Å². The standard InChI is InChI=1S/C33H22BrN3/c34-30-17-15-23(16-18-30)27-8-4-9-28(20-27)32-21-31(36-33(37-32)26-6-2-1-3-7-26)25-13-11-24(12-14-25)29-10-5-19-35-22-29/h1-22H. The zero-order chi connectivity index (χ0) is 25.0. The first kappa shape index (κ1) is 23.0. The van der Waals surface area contributed by atoms with Crippen LogP contribution in [0.3, 0.4) is 0 Å². The largest absolute Gasteiger partial charge is 0.264 e. The first-order valence-electron chi connectivity index (χ1n) is 12.0. The van der Waals surface area contributed by atoms with Crippen LogP contribution in [0.15, 0.2) is 138 Å². The molecule has 0 aliphatic carbocycles. The fraction of sp³-hybridized carbons (Fsp3) is 0. The first-order valence-corrected chi connectivity index (χ1v) is 12.8. The van der Waals surface area contributed by atoms with Gasteiger partial charge < -0.3 is 0 Å². The molecule has 0 saturated heterocycles. The minimum absolute atomic E-state index is 0.707. The van der Waals surface area contributed by atoms with Crippen molar-refractivity contribution in [2.24, 2.45) is 0 Å². The Morgan fingerprint density at radius 3 is 1.76 bits per heavy atom. The molecule has 0 spiro atoms. The van der Waals surface area contributed by atoms with E-state index in [2.05, 4.69) is 106 Å². The zero-order valence-corrected chi connectivity index (χ0v) is 21.5. The lowest BCUT2D eigenvalue weighted by molar-refractivity contribution is 1.18. The van der Waals surface area contributed by atoms with Crippen LogP contribution in [0.25, 0.3) is 56.2 Å². The molecule has 0 N–H and O–H groups in total. The summed E-state index contributed by atoms with van der Waals surface area (Å²) < 4.78 is 1.06. The van der Waals surface area contributed by atoms with E-state index in [0.29, 0.717) is 5.82 Å². The van der Waals surface area contributed by atoms with E-state index in [9.17, 15) is 0 Å². The highest BCUT2D eigenvalue weighted by atomic mass is 79.9. The van der Waals surface area contributed by atoms with E-state index in [1.807, 2.05) is 42.6 Å². The van der Waals surface area contributed by atoms with Gasteiger partial charge in [-0.25, -0.2) is 9.97 Å². The molecule has 0 aliphatic rings. The van der Waals surface area contributed by atoms with E-state index in [0.717, 1.165) is 54.8 Å². The summed E-state index contributed by atoms with van der Waals surface area (Å²) in [5.41, 5.74) is 9.37. The number of nitrogens with zero attached hydrogens (tertiary/aromatic N) is 3. The minimum Gasteiger partial charge on any atom is -0.264 e. The van der Waals surface area contributed by atoms with Crippen LogP contribution in [0, 0.1) is 0 Å². The Kier molecular flexibility index (Phi) is 6.40. The maximum atomic E-state index is 4.99. The van der Waals surface area contributed by atoms with Crippen molar-refractivity contribution >= 4 is 15.9 Å². The molecule has 0 saturated carbocycles. The van der Waals surface area contributed by atoms with Crippen LogP contribution < -0.4 is 0 Å². The lowest BCUT2D eigenvalue weighted by atomic mass is 10.00. The van der Waals surface area contributed by atoms with E-state index in [-0.39, 0.29) is 0 Å². The van der Waals surface area contributed by atoms with Crippen molar-refractivity contribution in [2.75, 3.05) is 0 Å². The molecule has 0 bridgehead atoms. The third-order valence-electron chi connectivity index (χ3n) is 6.27. The van der Waals surface area contributed by atoms with Gasteiger partial charge in [0.25, 0.3) is 0 Å². The molecule has 2 heterocycles. The third-order valence-corrected chi connectivity index (χ3v) is 6.80. The first-order chi connectivity index (χ1) is 18.2. The van der Waals surface area contributed by atoms with Crippen molar-refractivity contribution in [2.45, 2.75) is 0 Å². The maximum Gasteiger partial charge on any atom is 0.160 e. The second-order valence-electron chi connectivity index (χ2n) is 8.73. The van der Waals surface area contributed by atoms with E-state index in [1.54, 1.807) is 6.20 Å². The Labute approximate surface area is 224 Å². The molecule has 176 valence electrons. The van der Waals surface area contributed by atoms with Gasteiger partial charge in [-0.05, 0) is 52.6 Å². The van der Waals surface area contributed by atoms with Crippen molar-refractivity contribution < 1.29 is 0 Å². The molecule has 6 rings (SSSR count). The minimum atomic E-state index is 0.707. The molecule has 0 aliphatic heterocycles. The number of rotatable bonds is 5. The molecule has 0 atom stereocenters. The van der Waals surface area contributed by atoms with Crippen molar-refractivity contribution in [3.63, 3.8) is 0 Å². The molecular formula is C33H22BrN3. The normalized spacial score (nSPS) is 10.8. The molecule has 4 aromatic carbocycles. The summed E-state index contributed by atoms with van der Waals surface area (Å²) in [6, 6.07) is 41.6. The van der Waals surface area contributed by atoms with Gasteiger partial charge in [-0.2, -0.15) is 0 Å². The van der Waals surface area contributed by atoms with Gasteiger partial charge >= 0.3 is 0 Å². The third kappa shape index (κ3) is 5.11. The lowest BCUT2D eigenvalue weighted by Crippen LogP contribution is -1.96. The molecule has 3 nitrogen and oxygen atoms in total. The van der Waals surface area contributed by atoms with E-state index in [1.165, 1.54) is 0 Å². The van der Waals surface area contributed by atoms with Gasteiger partial charge in [0.2, 0.25) is 0 Å². The smallest absolute Gasteiger partial charge is 0.160 e. The predicted octanol–water partition coefficient (Wildman–Crippen LogP) is 8.97. The predicted molar refractivity (Wildman–Crippen MR) is 155 cm³/mol.